The zero-order valence-electron chi connectivity index (χ0n) is 19.4. The molecule has 3 heterocycles. The number of nitrogens with zero attached hydrogens (tertiary/aromatic N) is 8. The van der Waals surface area contributed by atoms with Gasteiger partial charge in [-0.15, -0.1) is 0 Å². The first kappa shape index (κ1) is 24.6. The van der Waals surface area contributed by atoms with E-state index in [1.807, 2.05) is 0 Å². The standard InChI is InChI=1S/C22H19ClF3N9O2/c1-11(33-19-14-5-12(23)6-15(22(24,25)26)18(14)29-9-30-19)20-31-10-32-35(20)17-7-16(27-8-28-17)34(13-3-4-13)21(36)37-2/h5-11,13H,3-4H2,1-2H3,(H,29,30,33). The van der Waals surface area contributed by atoms with Gasteiger partial charge in [-0.25, -0.2) is 29.7 Å². The van der Waals surface area contributed by atoms with Gasteiger partial charge in [-0.3, -0.25) is 4.90 Å². The molecule has 5 rings (SSSR count). The van der Waals surface area contributed by atoms with E-state index in [-0.39, 0.29) is 27.8 Å². The normalized spacial score (nSPS) is 14.4. The van der Waals surface area contributed by atoms with Crippen molar-refractivity contribution in [2.75, 3.05) is 17.3 Å². The summed E-state index contributed by atoms with van der Waals surface area (Å²) >= 11 is 5.98. The molecular formula is C22H19ClF3N9O2. The molecule has 0 aliphatic heterocycles. The first-order valence-electron chi connectivity index (χ1n) is 11.0. The van der Waals surface area contributed by atoms with Gasteiger partial charge in [0, 0.05) is 22.5 Å². The van der Waals surface area contributed by atoms with Crippen molar-refractivity contribution in [2.45, 2.75) is 38.0 Å². The molecule has 37 heavy (non-hydrogen) atoms. The molecule has 1 aliphatic rings. The maximum absolute atomic E-state index is 13.6. The van der Waals surface area contributed by atoms with Crippen LogP contribution in [-0.4, -0.2) is 53.9 Å². The fraction of sp³-hybridized carbons (Fsp3) is 0.318. The zero-order valence-corrected chi connectivity index (χ0v) is 20.2. The van der Waals surface area contributed by atoms with Gasteiger partial charge in [0.05, 0.1) is 24.2 Å². The maximum atomic E-state index is 13.6. The molecule has 3 aromatic heterocycles. The van der Waals surface area contributed by atoms with Crippen molar-refractivity contribution < 1.29 is 22.7 Å². The van der Waals surface area contributed by atoms with E-state index in [4.69, 9.17) is 16.3 Å². The summed E-state index contributed by atoms with van der Waals surface area (Å²) in [5.41, 5.74) is -1.25. The molecule has 0 radical (unpaired) electrons. The SMILES string of the molecule is COC(=O)N(c1cc(-n2ncnc2C(C)Nc2ncnc3c(C(F)(F)F)cc(Cl)cc23)ncn1)C1CC1. The number of benzene rings is 1. The van der Waals surface area contributed by atoms with Crippen LogP contribution in [0, 0.1) is 0 Å². The van der Waals surface area contributed by atoms with Crippen molar-refractivity contribution in [3.05, 3.63) is 53.6 Å². The van der Waals surface area contributed by atoms with Gasteiger partial charge in [-0.1, -0.05) is 11.6 Å². The van der Waals surface area contributed by atoms with Crippen molar-refractivity contribution in [2.24, 2.45) is 0 Å². The number of anilines is 2. The summed E-state index contributed by atoms with van der Waals surface area (Å²) in [6.07, 6.45) is 0.128. The van der Waals surface area contributed by atoms with Gasteiger partial charge in [-0.2, -0.15) is 23.0 Å². The van der Waals surface area contributed by atoms with E-state index in [0.29, 0.717) is 17.5 Å². The third-order valence-electron chi connectivity index (χ3n) is 5.71. The van der Waals surface area contributed by atoms with Crippen molar-refractivity contribution in [1.82, 2.24) is 34.7 Å². The van der Waals surface area contributed by atoms with Crippen molar-refractivity contribution >= 4 is 40.2 Å². The molecule has 1 aromatic carbocycles. The van der Waals surface area contributed by atoms with Gasteiger partial charge >= 0.3 is 12.3 Å². The lowest BCUT2D eigenvalue weighted by atomic mass is 10.1. The number of carbonyl (C=O) groups excluding carboxylic acids is 1. The number of amides is 1. The molecule has 1 N–H and O–H groups in total. The summed E-state index contributed by atoms with van der Waals surface area (Å²) in [5, 5.41) is 7.30. The molecule has 192 valence electrons. The Balaban J connectivity index is 1.48. The van der Waals surface area contributed by atoms with Crippen molar-refractivity contribution in [1.29, 1.82) is 0 Å². The van der Waals surface area contributed by atoms with Crippen LogP contribution in [0.3, 0.4) is 0 Å². The van der Waals surface area contributed by atoms with E-state index in [1.54, 1.807) is 13.0 Å². The topological polar surface area (TPSA) is 124 Å². The number of halogens is 4. The zero-order chi connectivity index (χ0) is 26.3. The molecule has 1 fully saturated rings. The molecule has 0 saturated heterocycles. The summed E-state index contributed by atoms with van der Waals surface area (Å²) < 4.78 is 47.0. The van der Waals surface area contributed by atoms with Gasteiger partial charge in [0.25, 0.3) is 0 Å². The predicted molar refractivity (Wildman–Crippen MR) is 126 cm³/mol. The van der Waals surface area contributed by atoms with E-state index < -0.39 is 23.9 Å². The van der Waals surface area contributed by atoms with Crippen LogP contribution in [0.15, 0.2) is 37.2 Å². The third-order valence-corrected chi connectivity index (χ3v) is 5.93. The van der Waals surface area contributed by atoms with Gasteiger partial charge < -0.3 is 10.1 Å². The molecule has 4 aromatic rings. The Labute approximate surface area is 212 Å². The molecule has 0 bridgehead atoms. The molecule has 1 atom stereocenters. The lowest BCUT2D eigenvalue weighted by Gasteiger charge is -2.20. The summed E-state index contributed by atoms with van der Waals surface area (Å²) in [6.45, 7) is 1.73. The first-order valence-corrected chi connectivity index (χ1v) is 11.4. The molecule has 1 aliphatic carbocycles. The number of alkyl halides is 3. The number of hydrogen-bond donors (Lipinski definition) is 1. The average Bonchev–Trinajstić information content (AvgIpc) is 3.56. The smallest absolute Gasteiger partial charge is 0.418 e. The quantitative estimate of drug-likeness (QED) is 0.379. The third kappa shape index (κ3) is 4.83. The van der Waals surface area contributed by atoms with Gasteiger partial charge in [-0.05, 0) is 31.9 Å². The largest absolute Gasteiger partial charge is 0.452 e. The fourth-order valence-corrected chi connectivity index (χ4v) is 4.12. The monoisotopic (exact) mass is 533 g/mol. The van der Waals surface area contributed by atoms with Crippen LogP contribution < -0.4 is 10.2 Å². The average molecular weight is 534 g/mol. The number of hydrogen-bond acceptors (Lipinski definition) is 9. The summed E-state index contributed by atoms with van der Waals surface area (Å²) in [4.78, 5) is 34.5. The van der Waals surface area contributed by atoms with Gasteiger partial charge in [0.15, 0.2) is 11.6 Å². The second-order valence-corrected chi connectivity index (χ2v) is 8.71. The number of carbonyl (C=O) groups is 1. The van der Waals surface area contributed by atoms with E-state index in [1.165, 1.54) is 35.4 Å². The van der Waals surface area contributed by atoms with E-state index in [0.717, 1.165) is 25.2 Å². The van der Waals surface area contributed by atoms with Gasteiger partial charge in [0.2, 0.25) is 0 Å². The second kappa shape index (κ2) is 9.42. The molecule has 11 nitrogen and oxygen atoms in total. The van der Waals surface area contributed by atoms with Crippen LogP contribution in [0.25, 0.3) is 16.7 Å². The molecule has 15 heteroatoms. The lowest BCUT2D eigenvalue weighted by Crippen LogP contribution is -2.33. The molecule has 1 amide bonds. The Bertz CT molecular complexity index is 1480. The van der Waals surface area contributed by atoms with Crippen LogP contribution in [-0.2, 0) is 10.9 Å². The Morgan fingerprint density at radius 1 is 1.14 bits per heavy atom. The predicted octanol–water partition coefficient (Wildman–Crippen LogP) is 4.58. The number of ether oxygens (including phenoxy) is 1. The number of methoxy groups -OCH3 is 1. The van der Waals surface area contributed by atoms with Gasteiger partial charge in [0.1, 0.15) is 30.6 Å². The summed E-state index contributed by atoms with van der Waals surface area (Å²) in [5.74, 6) is 1.19. The van der Waals surface area contributed by atoms with Crippen LogP contribution >= 0.6 is 11.6 Å². The molecular weight excluding hydrogens is 515 g/mol. The Hall–Kier alpha value is -4.07. The fourth-order valence-electron chi connectivity index (χ4n) is 3.90. The van der Waals surface area contributed by atoms with E-state index in [9.17, 15) is 18.0 Å². The highest BCUT2D eigenvalue weighted by molar-refractivity contribution is 6.31. The highest BCUT2D eigenvalue weighted by Gasteiger charge is 2.36. The highest BCUT2D eigenvalue weighted by atomic mass is 35.5. The summed E-state index contributed by atoms with van der Waals surface area (Å²) in [7, 11) is 1.30. The molecule has 1 saturated carbocycles. The van der Waals surface area contributed by atoms with Crippen LogP contribution in [0.4, 0.5) is 29.6 Å². The van der Waals surface area contributed by atoms with E-state index in [2.05, 4.69) is 35.3 Å². The molecule has 1 unspecified atom stereocenters. The highest BCUT2D eigenvalue weighted by Crippen LogP contribution is 2.38. The van der Waals surface area contributed by atoms with Crippen LogP contribution in [0.2, 0.25) is 5.02 Å². The minimum atomic E-state index is -4.65. The number of nitrogens with one attached hydrogen (secondary N) is 1. The minimum Gasteiger partial charge on any atom is -0.452 e. The number of fused-ring (bicyclic) bond motifs is 1. The van der Waals surface area contributed by atoms with Crippen LogP contribution in [0.5, 0.6) is 0 Å². The summed E-state index contributed by atoms with van der Waals surface area (Å²) in [6, 6.07) is 3.17. The van der Waals surface area contributed by atoms with Crippen molar-refractivity contribution in [3.8, 4) is 5.82 Å². The Morgan fingerprint density at radius 3 is 2.59 bits per heavy atom. The maximum Gasteiger partial charge on any atom is 0.418 e. The van der Waals surface area contributed by atoms with Crippen molar-refractivity contribution in [3.63, 3.8) is 0 Å². The Morgan fingerprint density at radius 2 is 1.89 bits per heavy atom. The second-order valence-electron chi connectivity index (χ2n) is 8.27. The number of aromatic nitrogens is 7. The molecule has 0 spiro atoms. The number of rotatable bonds is 6. The Kier molecular flexibility index (Phi) is 6.27. The first-order chi connectivity index (χ1) is 17.7. The lowest BCUT2D eigenvalue weighted by molar-refractivity contribution is -0.136. The van der Waals surface area contributed by atoms with E-state index >= 15 is 0 Å². The van der Waals surface area contributed by atoms with Crippen LogP contribution in [0.1, 0.15) is 37.2 Å². The minimum absolute atomic E-state index is 0.00883.